The van der Waals surface area contributed by atoms with Gasteiger partial charge in [0.15, 0.2) is 23.1 Å². The third kappa shape index (κ3) is 4.26. The van der Waals surface area contributed by atoms with Crippen molar-refractivity contribution in [2.45, 2.75) is 0 Å². The van der Waals surface area contributed by atoms with Crippen LogP contribution in [0.25, 0.3) is 105 Å². The van der Waals surface area contributed by atoms with Crippen LogP contribution < -0.4 is 0 Å². The predicted octanol–water partition coefficient (Wildman–Crippen LogP) is 12.2. The summed E-state index contributed by atoms with van der Waals surface area (Å²) in [6, 6.07) is 59.1. The molecule has 3 heterocycles. The number of aromatic nitrogens is 4. The first-order valence-electron chi connectivity index (χ1n) is 17.5. The summed E-state index contributed by atoms with van der Waals surface area (Å²) in [7, 11) is 0. The Morgan fingerprint density at radius 1 is 0.385 bits per heavy atom. The van der Waals surface area contributed by atoms with E-state index < -0.39 is 0 Å². The van der Waals surface area contributed by atoms with Gasteiger partial charge in [-0.25, -0.2) is 15.0 Å². The van der Waals surface area contributed by atoms with E-state index in [0.29, 0.717) is 17.5 Å². The van der Waals surface area contributed by atoms with Crippen molar-refractivity contribution in [3.63, 3.8) is 0 Å². The first-order valence-corrected chi connectivity index (χ1v) is 17.5. The van der Waals surface area contributed by atoms with Gasteiger partial charge in [0, 0.05) is 38.1 Å². The lowest BCUT2D eigenvalue weighted by Gasteiger charge is -2.14. The quantitative estimate of drug-likeness (QED) is 0.176. The molecule has 11 aromatic rings. The molecule has 8 aromatic carbocycles. The van der Waals surface area contributed by atoms with Gasteiger partial charge in [-0.3, -0.25) is 0 Å². The number of furan rings is 1. The summed E-state index contributed by atoms with van der Waals surface area (Å²) in [5.74, 6) is 1.79. The Bertz CT molecular complexity index is 3120. The molecule has 0 saturated heterocycles. The maximum absolute atomic E-state index is 7.11. The van der Waals surface area contributed by atoms with E-state index in [-0.39, 0.29) is 0 Å². The highest BCUT2D eigenvalue weighted by molar-refractivity contribution is 6.23. The average molecular weight is 665 g/mol. The van der Waals surface area contributed by atoms with Crippen LogP contribution in [-0.4, -0.2) is 19.5 Å². The first kappa shape index (κ1) is 28.7. The standard InChI is InChI=1S/C47H28N4O/c1-3-14-29(15-4-1)45-48-46(30-16-5-2-6-17-30)50-47(49-45)39-24-13-23-37-38-27-26-36-35-22-11-12-25-40(35)51(42(36)44(38)52-43(37)39)41-28-31-18-7-8-19-32(31)33-20-9-10-21-34(33)41/h1-28H. The Morgan fingerprint density at radius 3 is 1.69 bits per heavy atom. The topological polar surface area (TPSA) is 56.7 Å². The van der Waals surface area contributed by atoms with Crippen LogP contribution in [0, 0.1) is 0 Å². The third-order valence-electron chi connectivity index (χ3n) is 10.2. The zero-order chi connectivity index (χ0) is 34.2. The van der Waals surface area contributed by atoms with Crippen LogP contribution in [0.2, 0.25) is 0 Å². The van der Waals surface area contributed by atoms with Crippen LogP contribution >= 0.6 is 0 Å². The van der Waals surface area contributed by atoms with Gasteiger partial charge in [0.1, 0.15) is 5.58 Å². The summed E-state index contributed by atoms with van der Waals surface area (Å²) < 4.78 is 9.51. The molecule has 0 saturated carbocycles. The van der Waals surface area contributed by atoms with Crippen LogP contribution in [0.4, 0.5) is 0 Å². The SMILES string of the molecule is c1ccc(-c2nc(-c3ccccc3)nc(-c3cccc4c3oc3c4ccc4c5ccccc5n(-c5cc6ccccc6c6ccccc56)c43)n2)cc1. The maximum Gasteiger partial charge on any atom is 0.167 e. The molecule has 242 valence electrons. The number of para-hydroxylation sites is 2. The number of fused-ring (bicyclic) bond motifs is 10. The van der Waals surface area contributed by atoms with Gasteiger partial charge in [0.2, 0.25) is 0 Å². The molecular formula is C47H28N4O. The molecule has 0 spiro atoms. The van der Waals surface area contributed by atoms with Gasteiger partial charge in [-0.15, -0.1) is 0 Å². The van der Waals surface area contributed by atoms with Crippen molar-refractivity contribution in [1.29, 1.82) is 0 Å². The molecule has 5 nitrogen and oxygen atoms in total. The molecule has 0 N–H and O–H groups in total. The van der Waals surface area contributed by atoms with E-state index in [9.17, 15) is 0 Å². The van der Waals surface area contributed by atoms with Crippen molar-refractivity contribution in [2.75, 3.05) is 0 Å². The van der Waals surface area contributed by atoms with Crippen molar-refractivity contribution >= 4 is 65.3 Å². The van der Waals surface area contributed by atoms with Crippen molar-refractivity contribution < 1.29 is 4.42 Å². The Labute approximate surface area is 298 Å². The third-order valence-corrected chi connectivity index (χ3v) is 10.2. The number of hydrogen-bond acceptors (Lipinski definition) is 4. The molecule has 0 bridgehead atoms. The molecule has 0 unspecified atom stereocenters. The number of benzene rings is 8. The predicted molar refractivity (Wildman–Crippen MR) is 213 cm³/mol. The minimum absolute atomic E-state index is 0.565. The normalized spacial score (nSPS) is 11.8. The fraction of sp³-hybridized carbons (Fsp3) is 0. The highest BCUT2D eigenvalue weighted by Gasteiger charge is 2.23. The van der Waals surface area contributed by atoms with Crippen molar-refractivity contribution in [1.82, 2.24) is 19.5 Å². The molecule has 11 rings (SSSR count). The summed E-state index contributed by atoms with van der Waals surface area (Å²) in [4.78, 5) is 15.0. The van der Waals surface area contributed by atoms with E-state index in [0.717, 1.165) is 60.7 Å². The van der Waals surface area contributed by atoms with E-state index in [2.05, 4.69) is 108 Å². The summed E-state index contributed by atoms with van der Waals surface area (Å²) in [5.41, 5.74) is 7.52. The molecule has 52 heavy (non-hydrogen) atoms. The van der Waals surface area contributed by atoms with E-state index in [1.807, 2.05) is 66.7 Å². The van der Waals surface area contributed by atoms with Gasteiger partial charge in [0.05, 0.1) is 22.3 Å². The molecule has 5 heteroatoms. The molecule has 0 radical (unpaired) electrons. The lowest BCUT2D eigenvalue weighted by atomic mass is 10.00. The van der Waals surface area contributed by atoms with Crippen LogP contribution in [0.3, 0.4) is 0 Å². The molecule has 0 atom stereocenters. The summed E-state index contributed by atoms with van der Waals surface area (Å²) in [5, 5.41) is 9.21. The van der Waals surface area contributed by atoms with Gasteiger partial charge >= 0.3 is 0 Å². The van der Waals surface area contributed by atoms with Gasteiger partial charge in [0.25, 0.3) is 0 Å². The van der Waals surface area contributed by atoms with Gasteiger partial charge in [-0.05, 0) is 40.4 Å². The smallest absolute Gasteiger partial charge is 0.167 e. The second-order valence-electron chi connectivity index (χ2n) is 13.2. The monoisotopic (exact) mass is 664 g/mol. The van der Waals surface area contributed by atoms with Crippen LogP contribution in [0.1, 0.15) is 0 Å². The average Bonchev–Trinajstić information content (AvgIpc) is 3.77. The second kappa shape index (κ2) is 11.2. The Kier molecular flexibility index (Phi) is 6.18. The van der Waals surface area contributed by atoms with Crippen molar-refractivity contribution in [3.05, 3.63) is 170 Å². The molecule has 0 fully saturated rings. The van der Waals surface area contributed by atoms with Crippen molar-refractivity contribution in [2.24, 2.45) is 0 Å². The van der Waals surface area contributed by atoms with Crippen LogP contribution in [0.5, 0.6) is 0 Å². The lowest BCUT2D eigenvalue weighted by molar-refractivity contribution is 0.671. The minimum Gasteiger partial charge on any atom is -0.453 e. The highest BCUT2D eigenvalue weighted by atomic mass is 16.3. The van der Waals surface area contributed by atoms with E-state index in [1.54, 1.807) is 0 Å². The summed E-state index contributed by atoms with van der Waals surface area (Å²) >= 11 is 0. The van der Waals surface area contributed by atoms with Gasteiger partial charge < -0.3 is 8.98 Å². The van der Waals surface area contributed by atoms with Crippen LogP contribution in [-0.2, 0) is 0 Å². The first-order chi connectivity index (χ1) is 25.8. The number of rotatable bonds is 4. The molecule has 0 amide bonds. The Hall–Kier alpha value is -7.11. The molecule has 0 aliphatic rings. The van der Waals surface area contributed by atoms with E-state index in [4.69, 9.17) is 19.4 Å². The Balaban J connectivity index is 1.23. The molecular weight excluding hydrogens is 637 g/mol. The zero-order valence-corrected chi connectivity index (χ0v) is 27.9. The molecule has 3 aromatic heterocycles. The highest BCUT2D eigenvalue weighted by Crippen LogP contribution is 2.44. The fourth-order valence-electron chi connectivity index (χ4n) is 7.88. The minimum atomic E-state index is 0.565. The number of nitrogens with zero attached hydrogens (tertiary/aromatic N) is 4. The summed E-state index contributed by atoms with van der Waals surface area (Å²) in [6.07, 6.45) is 0. The fourth-order valence-corrected chi connectivity index (χ4v) is 7.88. The number of hydrogen-bond donors (Lipinski definition) is 0. The molecule has 0 aliphatic heterocycles. The van der Waals surface area contributed by atoms with E-state index >= 15 is 0 Å². The van der Waals surface area contributed by atoms with Gasteiger partial charge in [-0.1, -0.05) is 146 Å². The maximum atomic E-state index is 7.11. The zero-order valence-electron chi connectivity index (χ0n) is 27.9. The lowest BCUT2D eigenvalue weighted by Crippen LogP contribution is -2.00. The van der Waals surface area contributed by atoms with Gasteiger partial charge in [-0.2, -0.15) is 0 Å². The summed E-state index contributed by atoms with van der Waals surface area (Å²) in [6.45, 7) is 0. The largest absolute Gasteiger partial charge is 0.453 e. The molecule has 0 aliphatic carbocycles. The second-order valence-corrected chi connectivity index (χ2v) is 13.2. The Morgan fingerprint density at radius 2 is 0.942 bits per heavy atom. The van der Waals surface area contributed by atoms with E-state index in [1.165, 1.54) is 26.9 Å². The van der Waals surface area contributed by atoms with Crippen molar-refractivity contribution in [3.8, 4) is 39.9 Å². The van der Waals surface area contributed by atoms with Crippen LogP contribution in [0.15, 0.2) is 174 Å².